The van der Waals surface area contributed by atoms with Gasteiger partial charge in [0.15, 0.2) is 0 Å². The summed E-state index contributed by atoms with van der Waals surface area (Å²) in [6.07, 6.45) is 0. The van der Waals surface area contributed by atoms with E-state index in [0.29, 0.717) is 11.6 Å². The van der Waals surface area contributed by atoms with Crippen molar-refractivity contribution in [1.82, 2.24) is 10.6 Å². The van der Waals surface area contributed by atoms with Crippen molar-refractivity contribution in [2.45, 2.75) is 19.5 Å². The summed E-state index contributed by atoms with van der Waals surface area (Å²) in [7, 11) is 0. The molecule has 1 atom stereocenters. The molecule has 5 heteroatoms. The molecule has 0 bridgehead atoms. The number of nitrogens with one attached hydrogen (secondary N) is 2. The van der Waals surface area contributed by atoms with E-state index in [2.05, 4.69) is 10.6 Å². The Morgan fingerprint density at radius 2 is 2.05 bits per heavy atom. The molecule has 1 heterocycles. The Labute approximate surface area is 121 Å². The van der Waals surface area contributed by atoms with Crippen LogP contribution >= 0.6 is 22.9 Å². The molecule has 1 unspecified atom stereocenters. The number of halogens is 1. The molecular formula is C14H15ClN2OS. The quantitative estimate of drug-likeness (QED) is 0.880. The lowest BCUT2D eigenvalue weighted by Crippen LogP contribution is -2.36. The zero-order valence-corrected chi connectivity index (χ0v) is 12.1. The molecule has 0 aliphatic rings. The van der Waals surface area contributed by atoms with Gasteiger partial charge in [0, 0.05) is 9.90 Å². The topological polar surface area (TPSA) is 41.1 Å². The second kappa shape index (κ2) is 6.59. The highest BCUT2D eigenvalue weighted by molar-refractivity contribution is 7.09. The van der Waals surface area contributed by atoms with E-state index in [1.165, 1.54) is 0 Å². The number of benzene rings is 1. The Hall–Kier alpha value is -1.52. The van der Waals surface area contributed by atoms with Gasteiger partial charge in [0.2, 0.25) is 0 Å². The summed E-state index contributed by atoms with van der Waals surface area (Å²) < 4.78 is 0. The Balaban J connectivity index is 1.83. The first-order chi connectivity index (χ1) is 9.15. The summed E-state index contributed by atoms with van der Waals surface area (Å²) in [5.41, 5.74) is 1.02. The highest BCUT2D eigenvalue weighted by atomic mass is 35.5. The van der Waals surface area contributed by atoms with Gasteiger partial charge in [0.25, 0.3) is 0 Å². The summed E-state index contributed by atoms with van der Waals surface area (Å²) >= 11 is 7.45. The van der Waals surface area contributed by atoms with Crippen LogP contribution in [0.25, 0.3) is 0 Å². The Bertz CT molecular complexity index is 525. The fourth-order valence-electron chi connectivity index (χ4n) is 1.66. The molecule has 0 spiro atoms. The van der Waals surface area contributed by atoms with Crippen molar-refractivity contribution in [3.05, 3.63) is 57.2 Å². The fraction of sp³-hybridized carbons (Fsp3) is 0.214. The number of hydrogen-bond acceptors (Lipinski definition) is 2. The maximum Gasteiger partial charge on any atom is 0.315 e. The summed E-state index contributed by atoms with van der Waals surface area (Å²) in [5, 5.41) is 8.40. The van der Waals surface area contributed by atoms with Crippen molar-refractivity contribution in [2.75, 3.05) is 0 Å². The maximum absolute atomic E-state index is 11.7. The first-order valence-corrected chi connectivity index (χ1v) is 7.23. The third-order valence-electron chi connectivity index (χ3n) is 2.72. The molecule has 2 aromatic rings. The number of amides is 2. The summed E-state index contributed by atoms with van der Waals surface area (Å²) in [6, 6.07) is 11.2. The monoisotopic (exact) mass is 294 g/mol. The highest BCUT2D eigenvalue weighted by Gasteiger charge is 2.09. The molecule has 2 N–H and O–H groups in total. The lowest BCUT2D eigenvalue weighted by Gasteiger charge is -2.14. The van der Waals surface area contributed by atoms with Gasteiger partial charge in [-0.05, 0) is 36.1 Å². The number of carbonyl (C=O) groups excluding carboxylic acids is 1. The summed E-state index contributed by atoms with van der Waals surface area (Å²) in [4.78, 5) is 12.9. The predicted molar refractivity (Wildman–Crippen MR) is 79.6 cm³/mol. The molecule has 0 fully saturated rings. The molecule has 0 saturated carbocycles. The van der Waals surface area contributed by atoms with Crippen molar-refractivity contribution in [3.63, 3.8) is 0 Å². The van der Waals surface area contributed by atoms with Gasteiger partial charge in [-0.25, -0.2) is 4.79 Å². The number of hydrogen-bond donors (Lipinski definition) is 2. The van der Waals surface area contributed by atoms with Crippen LogP contribution in [0, 0.1) is 0 Å². The smallest absolute Gasteiger partial charge is 0.315 e. The minimum Gasteiger partial charge on any atom is -0.333 e. The molecule has 0 aliphatic carbocycles. The average molecular weight is 295 g/mol. The molecule has 1 aromatic carbocycles. The van der Waals surface area contributed by atoms with E-state index in [0.717, 1.165) is 10.4 Å². The van der Waals surface area contributed by atoms with Gasteiger partial charge in [-0.3, -0.25) is 0 Å². The highest BCUT2D eigenvalue weighted by Crippen LogP contribution is 2.15. The maximum atomic E-state index is 11.7. The van der Waals surface area contributed by atoms with Crippen molar-refractivity contribution in [1.29, 1.82) is 0 Å². The van der Waals surface area contributed by atoms with Crippen LogP contribution in [0.15, 0.2) is 41.8 Å². The van der Waals surface area contributed by atoms with Crippen molar-refractivity contribution >= 4 is 29.0 Å². The van der Waals surface area contributed by atoms with Crippen LogP contribution in [-0.2, 0) is 6.54 Å². The van der Waals surface area contributed by atoms with Crippen molar-refractivity contribution in [2.24, 2.45) is 0 Å². The van der Waals surface area contributed by atoms with E-state index in [1.807, 2.05) is 48.7 Å². The van der Waals surface area contributed by atoms with Crippen LogP contribution in [0.3, 0.4) is 0 Å². The van der Waals surface area contributed by atoms with Crippen LogP contribution in [0.5, 0.6) is 0 Å². The molecule has 3 nitrogen and oxygen atoms in total. The van der Waals surface area contributed by atoms with Gasteiger partial charge in [-0.2, -0.15) is 0 Å². The van der Waals surface area contributed by atoms with Crippen LogP contribution in [0.4, 0.5) is 4.79 Å². The van der Waals surface area contributed by atoms with Crippen LogP contribution in [0.2, 0.25) is 5.02 Å². The average Bonchev–Trinajstić information content (AvgIpc) is 2.90. The van der Waals surface area contributed by atoms with E-state index in [-0.39, 0.29) is 12.1 Å². The number of thiophene rings is 1. The molecule has 2 amide bonds. The molecule has 100 valence electrons. The Morgan fingerprint density at radius 3 is 2.68 bits per heavy atom. The third kappa shape index (κ3) is 4.26. The molecule has 0 saturated heterocycles. The Kier molecular flexibility index (Phi) is 4.82. The number of rotatable bonds is 4. The summed E-state index contributed by atoms with van der Waals surface area (Å²) in [6.45, 7) is 2.49. The molecule has 19 heavy (non-hydrogen) atoms. The van der Waals surface area contributed by atoms with Gasteiger partial charge >= 0.3 is 6.03 Å². The van der Waals surface area contributed by atoms with Crippen molar-refractivity contribution in [3.8, 4) is 0 Å². The molecule has 1 aromatic heterocycles. The second-order valence-corrected chi connectivity index (χ2v) is 5.65. The number of carbonyl (C=O) groups is 1. The second-order valence-electron chi connectivity index (χ2n) is 4.18. The molecule has 2 rings (SSSR count). The van der Waals surface area contributed by atoms with Gasteiger partial charge < -0.3 is 10.6 Å². The van der Waals surface area contributed by atoms with E-state index < -0.39 is 0 Å². The standard InChI is InChI=1S/C14H15ClN2OS/c1-10(11-4-6-12(15)7-5-11)17-14(18)16-9-13-3-2-8-19-13/h2-8,10H,9H2,1H3,(H2,16,17,18). The van der Waals surface area contributed by atoms with E-state index in [9.17, 15) is 4.79 Å². The van der Waals surface area contributed by atoms with Gasteiger partial charge in [0.1, 0.15) is 0 Å². The minimum atomic E-state index is -0.171. The third-order valence-corrected chi connectivity index (χ3v) is 3.85. The first-order valence-electron chi connectivity index (χ1n) is 5.97. The zero-order valence-electron chi connectivity index (χ0n) is 10.5. The van der Waals surface area contributed by atoms with E-state index in [4.69, 9.17) is 11.6 Å². The molecule has 0 aliphatic heterocycles. The van der Waals surface area contributed by atoms with Crippen LogP contribution in [0.1, 0.15) is 23.4 Å². The first kappa shape index (κ1) is 13.9. The lowest BCUT2D eigenvalue weighted by atomic mass is 10.1. The van der Waals surface area contributed by atoms with E-state index >= 15 is 0 Å². The largest absolute Gasteiger partial charge is 0.333 e. The SMILES string of the molecule is CC(NC(=O)NCc1cccs1)c1ccc(Cl)cc1. The van der Waals surface area contributed by atoms with Gasteiger partial charge in [-0.15, -0.1) is 11.3 Å². The zero-order chi connectivity index (χ0) is 13.7. The van der Waals surface area contributed by atoms with E-state index in [1.54, 1.807) is 11.3 Å². The summed E-state index contributed by atoms with van der Waals surface area (Å²) in [5.74, 6) is 0. The normalized spacial score (nSPS) is 11.9. The minimum absolute atomic E-state index is 0.0550. The fourth-order valence-corrected chi connectivity index (χ4v) is 2.43. The molecule has 0 radical (unpaired) electrons. The molecular weight excluding hydrogens is 280 g/mol. The van der Waals surface area contributed by atoms with Gasteiger partial charge in [-0.1, -0.05) is 29.8 Å². The lowest BCUT2D eigenvalue weighted by molar-refractivity contribution is 0.237. The van der Waals surface area contributed by atoms with Crippen LogP contribution in [-0.4, -0.2) is 6.03 Å². The number of urea groups is 1. The van der Waals surface area contributed by atoms with Gasteiger partial charge in [0.05, 0.1) is 12.6 Å². The van der Waals surface area contributed by atoms with Crippen molar-refractivity contribution < 1.29 is 4.79 Å². The van der Waals surface area contributed by atoms with Crippen LogP contribution < -0.4 is 10.6 Å². The predicted octanol–water partition coefficient (Wildman–Crippen LogP) is 3.96. The Morgan fingerprint density at radius 1 is 1.32 bits per heavy atom.